The van der Waals surface area contributed by atoms with E-state index in [0.29, 0.717) is 6.04 Å². The molecule has 1 fully saturated rings. The third kappa shape index (κ3) is 3.72. The predicted octanol–water partition coefficient (Wildman–Crippen LogP) is 3.19. The minimum Gasteiger partial charge on any atom is -0.432 e. The number of nitrogens with one attached hydrogen (secondary N) is 1. The zero-order valence-corrected chi connectivity index (χ0v) is 12.5. The summed E-state index contributed by atoms with van der Waals surface area (Å²) in [6.07, 6.45) is 8.31. The minimum atomic E-state index is 0.591. The molecule has 1 aromatic heterocycles. The number of nitrogens with zero attached hydrogens (tertiary/aromatic N) is 2. The maximum atomic E-state index is 5.60. The third-order valence-electron chi connectivity index (χ3n) is 4.34. The van der Waals surface area contributed by atoms with Crippen LogP contribution in [0.25, 0.3) is 0 Å². The first-order chi connectivity index (χ1) is 9.24. The van der Waals surface area contributed by atoms with Gasteiger partial charge in [0.05, 0.1) is 5.69 Å². The zero-order chi connectivity index (χ0) is 13.7. The van der Waals surface area contributed by atoms with E-state index in [1.165, 1.54) is 32.1 Å². The second kappa shape index (κ2) is 6.94. The van der Waals surface area contributed by atoms with Crippen molar-refractivity contribution in [2.24, 2.45) is 5.92 Å². The largest absolute Gasteiger partial charge is 0.432 e. The summed E-state index contributed by atoms with van der Waals surface area (Å²) < 4.78 is 5.60. The number of anilines is 1. The van der Waals surface area contributed by atoms with Gasteiger partial charge in [-0.2, -0.15) is 4.98 Å². The van der Waals surface area contributed by atoms with Crippen molar-refractivity contribution in [1.29, 1.82) is 0 Å². The zero-order valence-electron chi connectivity index (χ0n) is 12.5. The lowest BCUT2D eigenvalue weighted by Gasteiger charge is -2.33. The lowest BCUT2D eigenvalue weighted by Crippen LogP contribution is -2.35. The Bertz CT molecular complexity index is 369. The average molecular weight is 265 g/mol. The molecule has 0 saturated heterocycles. The van der Waals surface area contributed by atoms with E-state index >= 15 is 0 Å². The summed E-state index contributed by atoms with van der Waals surface area (Å²) in [6, 6.07) is 1.36. The first-order valence-corrected chi connectivity index (χ1v) is 7.62. The monoisotopic (exact) mass is 265 g/mol. The second-order valence-electron chi connectivity index (χ2n) is 5.60. The second-order valence-corrected chi connectivity index (χ2v) is 5.60. The van der Waals surface area contributed by atoms with Gasteiger partial charge in [-0.05, 0) is 38.1 Å². The van der Waals surface area contributed by atoms with Gasteiger partial charge in [-0.1, -0.05) is 20.3 Å². The molecule has 0 radical (unpaired) electrons. The van der Waals surface area contributed by atoms with E-state index in [9.17, 15) is 0 Å². The van der Waals surface area contributed by atoms with E-state index in [-0.39, 0.29) is 0 Å². The van der Waals surface area contributed by atoms with Crippen molar-refractivity contribution >= 4 is 6.01 Å². The van der Waals surface area contributed by atoms with Gasteiger partial charge in [0.25, 0.3) is 6.01 Å². The SMILES string of the molecule is CCNCc1coc(N(C)C2CCC(CC)CC2)n1. The van der Waals surface area contributed by atoms with E-state index in [2.05, 4.69) is 36.1 Å². The van der Waals surface area contributed by atoms with E-state index in [1.807, 2.05) is 0 Å². The minimum absolute atomic E-state index is 0.591. The van der Waals surface area contributed by atoms with Crippen molar-refractivity contribution in [3.63, 3.8) is 0 Å². The van der Waals surface area contributed by atoms with Gasteiger partial charge in [0.15, 0.2) is 0 Å². The van der Waals surface area contributed by atoms with Crippen LogP contribution in [-0.4, -0.2) is 24.6 Å². The topological polar surface area (TPSA) is 41.3 Å². The van der Waals surface area contributed by atoms with Gasteiger partial charge < -0.3 is 14.6 Å². The molecular formula is C15H27N3O. The molecule has 0 atom stereocenters. The fourth-order valence-electron chi connectivity index (χ4n) is 2.89. The van der Waals surface area contributed by atoms with Crippen LogP contribution in [0.3, 0.4) is 0 Å². The number of oxazole rings is 1. The molecule has 1 N–H and O–H groups in total. The Morgan fingerprint density at radius 2 is 2.05 bits per heavy atom. The Hall–Kier alpha value is -1.03. The maximum Gasteiger partial charge on any atom is 0.297 e. The van der Waals surface area contributed by atoms with Crippen molar-refractivity contribution in [2.45, 2.75) is 58.5 Å². The van der Waals surface area contributed by atoms with Crippen LogP contribution in [0.15, 0.2) is 10.7 Å². The van der Waals surface area contributed by atoms with Gasteiger partial charge in [-0.25, -0.2) is 0 Å². The smallest absolute Gasteiger partial charge is 0.297 e. The molecule has 0 bridgehead atoms. The Labute approximate surface area is 116 Å². The number of aromatic nitrogens is 1. The van der Waals surface area contributed by atoms with Crippen molar-refractivity contribution in [3.8, 4) is 0 Å². The molecule has 1 aromatic rings. The third-order valence-corrected chi connectivity index (χ3v) is 4.34. The summed E-state index contributed by atoms with van der Waals surface area (Å²) in [5, 5.41) is 3.27. The maximum absolute atomic E-state index is 5.60. The summed E-state index contributed by atoms with van der Waals surface area (Å²) in [5.41, 5.74) is 0.992. The average Bonchev–Trinajstić information content (AvgIpc) is 2.93. The molecule has 2 rings (SSSR count). The van der Waals surface area contributed by atoms with Gasteiger partial charge in [0.1, 0.15) is 6.26 Å². The molecule has 1 saturated carbocycles. The summed E-state index contributed by atoms with van der Waals surface area (Å²) in [7, 11) is 2.11. The molecule has 1 heterocycles. The molecule has 4 heteroatoms. The Morgan fingerprint density at radius 3 is 2.68 bits per heavy atom. The summed E-state index contributed by atoms with van der Waals surface area (Å²) in [5.74, 6) is 0.929. The molecule has 19 heavy (non-hydrogen) atoms. The van der Waals surface area contributed by atoms with Crippen molar-refractivity contribution < 1.29 is 4.42 Å². The van der Waals surface area contributed by atoms with E-state index in [4.69, 9.17) is 4.42 Å². The lowest BCUT2D eigenvalue weighted by molar-refractivity contribution is 0.307. The highest BCUT2D eigenvalue weighted by Gasteiger charge is 2.25. The quantitative estimate of drug-likeness (QED) is 0.857. The number of rotatable bonds is 6. The van der Waals surface area contributed by atoms with E-state index in [0.717, 1.165) is 30.7 Å². The van der Waals surface area contributed by atoms with Crippen LogP contribution < -0.4 is 10.2 Å². The molecule has 0 spiro atoms. The molecule has 0 aromatic carbocycles. The molecule has 1 aliphatic rings. The Balaban J connectivity index is 1.88. The fraction of sp³-hybridized carbons (Fsp3) is 0.800. The molecule has 1 aliphatic carbocycles. The highest BCUT2D eigenvalue weighted by molar-refractivity contribution is 5.27. The highest BCUT2D eigenvalue weighted by Crippen LogP contribution is 2.30. The summed E-state index contributed by atoms with van der Waals surface area (Å²) in [4.78, 5) is 6.78. The van der Waals surface area contributed by atoms with Gasteiger partial charge in [-0.15, -0.1) is 0 Å². The molecule has 0 amide bonds. The Kier molecular flexibility index (Phi) is 5.25. The van der Waals surface area contributed by atoms with Gasteiger partial charge in [0, 0.05) is 19.6 Å². The standard InChI is InChI=1S/C15H27N3O/c1-4-12-6-8-14(9-7-12)18(3)15-17-13(11-19-15)10-16-5-2/h11-12,14,16H,4-10H2,1-3H3. The highest BCUT2D eigenvalue weighted by atomic mass is 16.4. The molecule has 0 unspecified atom stereocenters. The van der Waals surface area contributed by atoms with Crippen LogP contribution >= 0.6 is 0 Å². The van der Waals surface area contributed by atoms with Crippen molar-refractivity contribution in [1.82, 2.24) is 10.3 Å². The van der Waals surface area contributed by atoms with Gasteiger partial charge >= 0.3 is 0 Å². The predicted molar refractivity (Wildman–Crippen MR) is 78.3 cm³/mol. The molecule has 4 nitrogen and oxygen atoms in total. The molecule has 0 aliphatic heterocycles. The molecule has 108 valence electrons. The van der Waals surface area contributed by atoms with Crippen LogP contribution in [0.4, 0.5) is 6.01 Å². The van der Waals surface area contributed by atoms with Crippen LogP contribution in [0.2, 0.25) is 0 Å². The Morgan fingerprint density at radius 1 is 1.32 bits per heavy atom. The van der Waals surface area contributed by atoms with Crippen LogP contribution in [0.1, 0.15) is 51.6 Å². The normalized spacial score (nSPS) is 23.5. The van der Waals surface area contributed by atoms with Crippen LogP contribution in [-0.2, 0) is 6.54 Å². The first-order valence-electron chi connectivity index (χ1n) is 7.62. The lowest BCUT2D eigenvalue weighted by atomic mass is 9.84. The summed E-state index contributed by atoms with van der Waals surface area (Å²) >= 11 is 0. The van der Waals surface area contributed by atoms with Gasteiger partial charge in [-0.3, -0.25) is 0 Å². The van der Waals surface area contributed by atoms with Crippen molar-refractivity contribution in [2.75, 3.05) is 18.5 Å². The number of hydrogen-bond donors (Lipinski definition) is 1. The van der Waals surface area contributed by atoms with E-state index in [1.54, 1.807) is 6.26 Å². The fourth-order valence-corrected chi connectivity index (χ4v) is 2.89. The molecular weight excluding hydrogens is 238 g/mol. The van der Waals surface area contributed by atoms with Crippen LogP contribution in [0, 0.1) is 5.92 Å². The number of hydrogen-bond acceptors (Lipinski definition) is 4. The van der Waals surface area contributed by atoms with Crippen molar-refractivity contribution in [3.05, 3.63) is 12.0 Å². The summed E-state index contributed by atoms with van der Waals surface area (Å²) in [6.45, 7) is 6.14. The van der Waals surface area contributed by atoms with Gasteiger partial charge in [0.2, 0.25) is 0 Å². The van der Waals surface area contributed by atoms with E-state index < -0.39 is 0 Å². The first kappa shape index (κ1) is 14.4. The van der Waals surface area contributed by atoms with Crippen LogP contribution in [0.5, 0.6) is 0 Å².